The van der Waals surface area contributed by atoms with Crippen molar-refractivity contribution in [2.75, 3.05) is 0 Å². The molecule has 0 radical (unpaired) electrons. The molecule has 0 saturated heterocycles. The first-order valence-electron chi connectivity index (χ1n) is 8.05. The van der Waals surface area contributed by atoms with Gasteiger partial charge in [-0.15, -0.1) is 0 Å². The Morgan fingerprint density at radius 1 is 1.19 bits per heavy atom. The minimum atomic E-state index is -0.529. The van der Waals surface area contributed by atoms with Crippen LogP contribution in [0.5, 0.6) is 0 Å². The van der Waals surface area contributed by atoms with Crippen LogP contribution in [0, 0.1) is 10.1 Å². The largest absolute Gasteiger partial charge is 0.451 e. The van der Waals surface area contributed by atoms with Gasteiger partial charge in [0.05, 0.1) is 11.1 Å². The Morgan fingerprint density at radius 3 is 2.58 bits per heavy atom. The van der Waals surface area contributed by atoms with Gasteiger partial charge < -0.3 is 4.42 Å². The Balaban J connectivity index is 1.69. The molecular formula is C19H17N3O4. The van der Waals surface area contributed by atoms with Crippen molar-refractivity contribution in [2.45, 2.75) is 19.8 Å². The summed E-state index contributed by atoms with van der Waals surface area (Å²) in [7, 11) is 0. The first kappa shape index (κ1) is 17.3. The predicted molar refractivity (Wildman–Crippen MR) is 98.5 cm³/mol. The van der Waals surface area contributed by atoms with Gasteiger partial charge in [-0.1, -0.05) is 38.1 Å². The second-order valence-electron chi connectivity index (χ2n) is 6.11. The third-order valence-electron chi connectivity index (χ3n) is 3.92. The van der Waals surface area contributed by atoms with E-state index in [2.05, 4.69) is 24.4 Å². The zero-order chi connectivity index (χ0) is 18.7. The molecule has 1 aromatic heterocycles. The van der Waals surface area contributed by atoms with Crippen molar-refractivity contribution in [1.29, 1.82) is 0 Å². The molecule has 0 aliphatic heterocycles. The van der Waals surface area contributed by atoms with Gasteiger partial charge >= 0.3 is 5.91 Å². The first-order chi connectivity index (χ1) is 12.4. The van der Waals surface area contributed by atoms with Crippen LogP contribution in [0.4, 0.5) is 5.69 Å². The Bertz CT molecular complexity index is 988. The summed E-state index contributed by atoms with van der Waals surface area (Å²) in [6.45, 7) is 4.23. The molecule has 0 saturated carbocycles. The van der Waals surface area contributed by atoms with Gasteiger partial charge in [0.15, 0.2) is 5.76 Å². The van der Waals surface area contributed by atoms with E-state index in [9.17, 15) is 14.9 Å². The average molecular weight is 351 g/mol. The van der Waals surface area contributed by atoms with Crippen LogP contribution in [-0.2, 0) is 0 Å². The molecule has 7 nitrogen and oxygen atoms in total. The van der Waals surface area contributed by atoms with Gasteiger partial charge in [0.25, 0.3) is 5.69 Å². The molecule has 1 amide bonds. The summed E-state index contributed by atoms with van der Waals surface area (Å²) < 4.78 is 5.40. The molecule has 0 aliphatic carbocycles. The average Bonchev–Trinajstić information content (AvgIpc) is 3.05. The summed E-state index contributed by atoms with van der Waals surface area (Å²) in [6, 6.07) is 13.5. The van der Waals surface area contributed by atoms with Gasteiger partial charge in [0, 0.05) is 17.5 Å². The molecule has 3 rings (SSSR count). The van der Waals surface area contributed by atoms with E-state index in [1.807, 2.05) is 24.3 Å². The van der Waals surface area contributed by atoms with E-state index >= 15 is 0 Å². The van der Waals surface area contributed by atoms with Crippen molar-refractivity contribution in [3.63, 3.8) is 0 Å². The molecule has 0 aliphatic rings. The number of hydrazone groups is 1. The molecule has 0 fully saturated rings. The maximum absolute atomic E-state index is 12.1. The monoisotopic (exact) mass is 351 g/mol. The van der Waals surface area contributed by atoms with Crippen molar-refractivity contribution >= 4 is 28.8 Å². The van der Waals surface area contributed by atoms with Crippen molar-refractivity contribution in [3.8, 4) is 0 Å². The molecule has 26 heavy (non-hydrogen) atoms. The van der Waals surface area contributed by atoms with Crippen molar-refractivity contribution in [2.24, 2.45) is 5.10 Å². The number of fused-ring (bicyclic) bond motifs is 1. The van der Waals surface area contributed by atoms with Crippen molar-refractivity contribution in [1.82, 2.24) is 5.43 Å². The van der Waals surface area contributed by atoms with Gasteiger partial charge in [-0.05, 0) is 29.2 Å². The fourth-order valence-corrected chi connectivity index (χ4v) is 2.44. The minimum Gasteiger partial charge on any atom is -0.451 e. The zero-order valence-corrected chi connectivity index (χ0v) is 14.3. The summed E-state index contributed by atoms with van der Waals surface area (Å²) in [6.07, 6.45) is 1.54. The zero-order valence-electron chi connectivity index (χ0n) is 14.3. The van der Waals surface area contributed by atoms with Gasteiger partial charge in [-0.2, -0.15) is 5.10 Å². The van der Waals surface area contributed by atoms with E-state index in [1.165, 1.54) is 36.0 Å². The number of carbonyl (C=O) groups excluding carboxylic acids is 1. The summed E-state index contributed by atoms with van der Waals surface area (Å²) in [5, 5.41) is 15.2. The molecule has 1 heterocycles. The highest BCUT2D eigenvalue weighted by Crippen LogP contribution is 2.24. The smallest absolute Gasteiger partial charge is 0.307 e. The van der Waals surface area contributed by atoms with Crippen LogP contribution < -0.4 is 5.43 Å². The summed E-state index contributed by atoms with van der Waals surface area (Å²) in [5.74, 6) is -0.0451. The van der Waals surface area contributed by atoms with Crippen LogP contribution in [0.3, 0.4) is 0 Å². The number of rotatable bonds is 5. The third kappa shape index (κ3) is 3.77. The molecule has 0 unspecified atom stereocenters. The summed E-state index contributed by atoms with van der Waals surface area (Å²) in [5.41, 5.74) is 4.80. The maximum Gasteiger partial charge on any atom is 0.307 e. The second kappa shape index (κ2) is 7.18. The lowest BCUT2D eigenvalue weighted by Gasteiger charge is -2.04. The molecule has 0 spiro atoms. The van der Waals surface area contributed by atoms with Crippen LogP contribution in [-0.4, -0.2) is 17.0 Å². The number of amides is 1. The molecule has 0 bridgehead atoms. The number of furan rings is 1. The van der Waals surface area contributed by atoms with Crippen LogP contribution in [0.2, 0.25) is 0 Å². The summed E-state index contributed by atoms with van der Waals surface area (Å²) in [4.78, 5) is 22.4. The van der Waals surface area contributed by atoms with E-state index in [-0.39, 0.29) is 11.4 Å². The quantitative estimate of drug-likeness (QED) is 0.422. The highest BCUT2D eigenvalue weighted by molar-refractivity contribution is 5.97. The van der Waals surface area contributed by atoms with Crippen molar-refractivity contribution < 1.29 is 14.1 Å². The van der Waals surface area contributed by atoms with E-state index in [4.69, 9.17) is 4.42 Å². The maximum atomic E-state index is 12.1. The van der Waals surface area contributed by atoms with E-state index in [0.29, 0.717) is 16.9 Å². The highest BCUT2D eigenvalue weighted by atomic mass is 16.6. The van der Waals surface area contributed by atoms with E-state index in [1.54, 1.807) is 0 Å². The minimum absolute atomic E-state index is 0.0350. The van der Waals surface area contributed by atoms with Crippen LogP contribution in [0.25, 0.3) is 11.0 Å². The fourth-order valence-electron chi connectivity index (χ4n) is 2.44. The predicted octanol–water partition coefficient (Wildman–Crippen LogP) is 4.23. The summed E-state index contributed by atoms with van der Waals surface area (Å²) >= 11 is 0. The first-order valence-corrected chi connectivity index (χ1v) is 8.05. The lowest BCUT2D eigenvalue weighted by atomic mass is 10.0. The number of nitro benzene ring substituents is 1. The van der Waals surface area contributed by atoms with Crippen LogP contribution >= 0.6 is 0 Å². The Hall–Kier alpha value is -3.48. The standard InChI is InChI=1S/C19H17N3O4/c1-12(2)14-5-3-13(4-6-14)11-20-21-19(23)18-10-15-9-16(22(24)25)7-8-17(15)26-18/h3-12H,1-2H3,(H,21,23)/b20-11-. The number of hydrogen-bond donors (Lipinski definition) is 1. The molecule has 3 aromatic rings. The third-order valence-corrected chi connectivity index (χ3v) is 3.92. The molecule has 0 atom stereocenters. The molecule has 2 aromatic carbocycles. The van der Waals surface area contributed by atoms with Gasteiger partial charge in [0.2, 0.25) is 0 Å². The number of hydrogen-bond acceptors (Lipinski definition) is 5. The topological polar surface area (TPSA) is 97.7 Å². The number of non-ortho nitro benzene ring substituents is 1. The van der Waals surface area contributed by atoms with Crippen molar-refractivity contribution in [3.05, 3.63) is 75.5 Å². The number of nitrogens with one attached hydrogen (secondary N) is 1. The highest BCUT2D eigenvalue weighted by Gasteiger charge is 2.14. The van der Waals surface area contributed by atoms with Gasteiger partial charge in [-0.3, -0.25) is 14.9 Å². The van der Waals surface area contributed by atoms with Crippen LogP contribution in [0.1, 0.15) is 41.4 Å². The number of nitrogens with zero attached hydrogens (tertiary/aromatic N) is 2. The number of carbonyl (C=O) groups is 1. The molecule has 7 heteroatoms. The second-order valence-corrected chi connectivity index (χ2v) is 6.11. The lowest BCUT2D eigenvalue weighted by molar-refractivity contribution is -0.384. The molecule has 1 N–H and O–H groups in total. The fraction of sp³-hybridized carbons (Fsp3) is 0.158. The van der Waals surface area contributed by atoms with Crippen LogP contribution in [0.15, 0.2) is 58.0 Å². The SMILES string of the molecule is CC(C)c1ccc(/C=N\NC(=O)c2cc3cc([N+](=O)[O-])ccc3o2)cc1. The normalized spacial score (nSPS) is 11.3. The Morgan fingerprint density at radius 2 is 1.92 bits per heavy atom. The Kier molecular flexibility index (Phi) is 4.79. The number of nitro groups is 1. The van der Waals surface area contributed by atoms with Gasteiger partial charge in [0.1, 0.15) is 5.58 Å². The number of benzene rings is 2. The molecule has 132 valence electrons. The van der Waals surface area contributed by atoms with Gasteiger partial charge in [-0.25, -0.2) is 5.43 Å². The molecular weight excluding hydrogens is 334 g/mol. The Labute approximate surface area is 149 Å². The van der Waals surface area contributed by atoms with E-state index in [0.717, 1.165) is 5.56 Å². The lowest BCUT2D eigenvalue weighted by Crippen LogP contribution is -2.16. The van der Waals surface area contributed by atoms with E-state index < -0.39 is 10.8 Å².